The first-order valence-corrected chi connectivity index (χ1v) is 9.12. The van der Waals surface area contributed by atoms with Crippen molar-refractivity contribution < 1.29 is 9.32 Å². The molecule has 0 spiro atoms. The highest BCUT2D eigenvalue weighted by Gasteiger charge is 2.30. The van der Waals surface area contributed by atoms with Gasteiger partial charge in [-0.15, -0.1) is 11.3 Å². The summed E-state index contributed by atoms with van der Waals surface area (Å²) < 4.78 is 5.23. The molecule has 0 radical (unpaired) electrons. The number of amides is 1. The molecule has 136 valence electrons. The van der Waals surface area contributed by atoms with E-state index in [4.69, 9.17) is 4.52 Å². The summed E-state index contributed by atoms with van der Waals surface area (Å²) >= 11 is 1.26. The van der Waals surface area contributed by atoms with Gasteiger partial charge in [0.25, 0.3) is 5.91 Å². The van der Waals surface area contributed by atoms with Crippen LogP contribution in [0.3, 0.4) is 0 Å². The van der Waals surface area contributed by atoms with E-state index in [0.29, 0.717) is 39.5 Å². The number of nitrogens with zero attached hydrogens (tertiary/aromatic N) is 5. The number of thiazole rings is 1. The van der Waals surface area contributed by atoms with Gasteiger partial charge < -0.3 is 9.84 Å². The molecule has 3 heterocycles. The molecule has 0 saturated heterocycles. The molecule has 8 nitrogen and oxygen atoms in total. The zero-order valence-corrected chi connectivity index (χ0v) is 15.9. The van der Waals surface area contributed by atoms with Crippen LogP contribution in [0, 0.1) is 6.92 Å². The number of nitrogens with one attached hydrogen (secondary N) is 1. The number of carbonyl (C=O) groups excluding carboxylic acids is 1. The van der Waals surface area contributed by atoms with Crippen molar-refractivity contribution >= 4 is 17.2 Å². The van der Waals surface area contributed by atoms with Crippen LogP contribution in [0.25, 0.3) is 10.8 Å². The van der Waals surface area contributed by atoms with Gasteiger partial charge in [-0.25, -0.2) is 15.0 Å². The highest BCUT2D eigenvalue weighted by Crippen LogP contribution is 2.26. The summed E-state index contributed by atoms with van der Waals surface area (Å²) in [5.74, 6) is 1.28. The molecule has 3 rings (SSSR count). The summed E-state index contributed by atoms with van der Waals surface area (Å²) in [6.07, 6.45) is 4.92. The third kappa shape index (κ3) is 3.77. The van der Waals surface area contributed by atoms with Crippen LogP contribution < -0.4 is 5.32 Å². The van der Waals surface area contributed by atoms with Gasteiger partial charge in [-0.05, 0) is 33.3 Å². The van der Waals surface area contributed by atoms with E-state index in [0.717, 1.165) is 6.42 Å². The minimum absolute atomic E-state index is 0.242. The van der Waals surface area contributed by atoms with Gasteiger partial charge in [-0.1, -0.05) is 12.1 Å². The van der Waals surface area contributed by atoms with E-state index in [-0.39, 0.29) is 5.91 Å². The molecule has 26 heavy (non-hydrogen) atoms. The Bertz CT molecular complexity index is 903. The van der Waals surface area contributed by atoms with Gasteiger partial charge in [0.1, 0.15) is 4.88 Å². The Balaban J connectivity index is 1.79. The SMILES string of the molecule is CCCc1nc(C(C)(C)NC(=O)c2sc(-c3ncccn3)nc2C)no1. The van der Waals surface area contributed by atoms with E-state index >= 15 is 0 Å². The van der Waals surface area contributed by atoms with Crippen molar-refractivity contribution in [1.29, 1.82) is 0 Å². The lowest BCUT2D eigenvalue weighted by Gasteiger charge is -2.21. The lowest BCUT2D eigenvalue weighted by Crippen LogP contribution is -2.41. The molecule has 1 N–H and O–H groups in total. The first kappa shape index (κ1) is 18.1. The van der Waals surface area contributed by atoms with Crippen LogP contribution in [-0.2, 0) is 12.0 Å². The molecular weight excluding hydrogens is 352 g/mol. The number of rotatable bonds is 6. The zero-order chi connectivity index (χ0) is 18.7. The summed E-state index contributed by atoms with van der Waals surface area (Å²) in [4.78, 5) is 30.4. The van der Waals surface area contributed by atoms with E-state index < -0.39 is 5.54 Å². The Morgan fingerprint density at radius 2 is 2.00 bits per heavy atom. The van der Waals surface area contributed by atoms with Crippen LogP contribution in [0.4, 0.5) is 0 Å². The van der Waals surface area contributed by atoms with Crippen molar-refractivity contribution in [1.82, 2.24) is 30.4 Å². The van der Waals surface area contributed by atoms with Gasteiger partial charge in [-0.3, -0.25) is 4.79 Å². The third-order valence-corrected chi connectivity index (χ3v) is 4.83. The average molecular weight is 372 g/mol. The van der Waals surface area contributed by atoms with Gasteiger partial charge >= 0.3 is 0 Å². The largest absolute Gasteiger partial charge is 0.339 e. The molecular formula is C17H20N6O2S. The number of aromatic nitrogens is 5. The second-order valence-corrected chi connectivity index (χ2v) is 7.35. The summed E-state index contributed by atoms with van der Waals surface area (Å²) in [6, 6.07) is 1.73. The molecule has 0 aliphatic heterocycles. The molecule has 0 aliphatic rings. The van der Waals surface area contributed by atoms with Crippen molar-refractivity contribution in [3.8, 4) is 10.8 Å². The van der Waals surface area contributed by atoms with Crippen LogP contribution in [-0.4, -0.2) is 31.0 Å². The zero-order valence-electron chi connectivity index (χ0n) is 15.1. The number of carbonyl (C=O) groups is 1. The smallest absolute Gasteiger partial charge is 0.264 e. The van der Waals surface area contributed by atoms with Crippen LogP contribution in [0.5, 0.6) is 0 Å². The predicted octanol–water partition coefficient (Wildman–Crippen LogP) is 2.91. The second-order valence-electron chi connectivity index (χ2n) is 6.35. The first-order chi connectivity index (χ1) is 12.4. The summed E-state index contributed by atoms with van der Waals surface area (Å²) in [6.45, 7) is 7.50. The van der Waals surface area contributed by atoms with E-state index in [2.05, 4.69) is 30.4 Å². The van der Waals surface area contributed by atoms with E-state index in [1.54, 1.807) is 25.4 Å². The highest BCUT2D eigenvalue weighted by atomic mass is 32.1. The molecule has 0 saturated carbocycles. The maximum atomic E-state index is 12.8. The summed E-state index contributed by atoms with van der Waals surface area (Å²) in [5.41, 5.74) is -0.141. The number of hydrogen-bond donors (Lipinski definition) is 1. The Labute approximate surface area is 155 Å². The normalized spacial score (nSPS) is 11.5. The lowest BCUT2D eigenvalue weighted by atomic mass is 10.0. The van der Waals surface area contributed by atoms with Crippen molar-refractivity contribution in [2.75, 3.05) is 0 Å². The Morgan fingerprint density at radius 3 is 2.69 bits per heavy atom. The van der Waals surface area contributed by atoms with Gasteiger partial charge in [-0.2, -0.15) is 4.98 Å². The maximum Gasteiger partial charge on any atom is 0.264 e. The lowest BCUT2D eigenvalue weighted by molar-refractivity contribution is 0.0911. The van der Waals surface area contributed by atoms with Gasteiger partial charge in [0.2, 0.25) is 5.89 Å². The number of aryl methyl sites for hydroxylation is 2. The maximum absolute atomic E-state index is 12.8. The summed E-state index contributed by atoms with van der Waals surface area (Å²) in [5, 5.41) is 7.56. The van der Waals surface area contributed by atoms with Gasteiger partial charge in [0.15, 0.2) is 16.7 Å². The molecule has 0 atom stereocenters. The third-order valence-electron chi connectivity index (χ3n) is 3.68. The fraction of sp³-hybridized carbons (Fsp3) is 0.412. The number of hydrogen-bond acceptors (Lipinski definition) is 8. The molecule has 0 unspecified atom stereocenters. The average Bonchev–Trinajstić information content (AvgIpc) is 3.23. The van der Waals surface area contributed by atoms with Crippen molar-refractivity contribution in [2.45, 2.75) is 46.1 Å². The van der Waals surface area contributed by atoms with Crippen molar-refractivity contribution in [2.24, 2.45) is 0 Å². The van der Waals surface area contributed by atoms with Crippen molar-refractivity contribution in [3.63, 3.8) is 0 Å². The van der Waals surface area contributed by atoms with Crippen LogP contribution in [0.15, 0.2) is 23.0 Å². The molecule has 9 heteroatoms. The predicted molar refractivity (Wildman–Crippen MR) is 96.7 cm³/mol. The topological polar surface area (TPSA) is 107 Å². The Hall–Kier alpha value is -2.68. The van der Waals surface area contributed by atoms with Crippen LogP contribution in [0.1, 0.15) is 54.3 Å². The fourth-order valence-electron chi connectivity index (χ4n) is 2.33. The molecule has 1 amide bonds. The minimum atomic E-state index is -0.771. The van der Waals surface area contributed by atoms with E-state index in [1.165, 1.54) is 11.3 Å². The quantitative estimate of drug-likeness (QED) is 0.709. The highest BCUT2D eigenvalue weighted by molar-refractivity contribution is 7.17. The Morgan fingerprint density at radius 1 is 1.27 bits per heavy atom. The van der Waals surface area contributed by atoms with E-state index in [1.807, 2.05) is 20.8 Å². The van der Waals surface area contributed by atoms with E-state index in [9.17, 15) is 4.79 Å². The molecule has 0 aliphatic carbocycles. The van der Waals surface area contributed by atoms with Crippen molar-refractivity contribution in [3.05, 3.63) is 40.7 Å². The standard InChI is InChI=1S/C17H20N6O2S/c1-5-7-11-21-16(23-25-11)17(3,4)22-14(24)12-10(2)20-15(26-12)13-18-8-6-9-19-13/h6,8-9H,5,7H2,1-4H3,(H,22,24). The molecule has 3 aromatic rings. The Kier molecular flexibility index (Phi) is 5.08. The molecule has 0 fully saturated rings. The first-order valence-electron chi connectivity index (χ1n) is 8.31. The summed E-state index contributed by atoms with van der Waals surface area (Å²) in [7, 11) is 0. The minimum Gasteiger partial charge on any atom is -0.339 e. The van der Waals surface area contributed by atoms with Crippen LogP contribution >= 0.6 is 11.3 Å². The molecule has 0 bridgehead atoms. The molecule has 3 aromatic heterocycles. The van der Waals surface area contributed by atoms with Crippen LogP contribution in [0.2, 0.25) is 0 Å². The van der Waals surface area contributed by atoms with Gasteiger partial charge in [0.05, 0.1) is 11.2 Å². The second kappa shape index (κ2) is 7.28. The monoisotopic (exact) mass is 372 g/mol. The molecule has 0 aromatic carbocycles. The fourth-order valence-corrected chi connectivity index (χ4v) is 3.24. The van der Waals surface area contributed by atoms with Gasteiger partial charge in [0, 0.05) is 18.8 Å².